The van der Waals surface area contributed by atoms with Crippen molar-refractivity contribution in [1.82, 2.24) is 9.97 Å². The lowest BCUT2D eigenvalue weighted by Crippen LogP contribution is -2.18. The second-order valence-electron chi connectivity index (χ2n) is 4.39. The minimum absolute atomic E-state index is 0.658. The number of nitrogens with one attached hydrogen (secondary N) is 1. The van der Waals surface area contributed by atoms with Gasteiger partial charge in [-0.3, -0.25) is 0 Å². The highest BCUT2D eigenvalue weighted by molar-refractivity contribution is 7.99. The van der Waals surface area contributed by atoms with Crippen molar-refractivity contribution in [3.05, 3.63) is 17.3 Å². The predicted octanol–water partition coefficient (Wildman–Crippen LogP) is 2.39. The van der Waals surface area contributed by atoms with Crippen LogP contribution in [0.5, 0.6) is 0 Å². The van der Waals surface area contributed by atoms with Gasteiger partial charge in [-0.05, 0) is 24.3 Å². The fraction of sp³-hybridized carbons (Fsp3) is 0.500. The van der Waals surface area contributed by atoms with Gasteiger partial charge in [0, 0.05) is 18.5 Å². The van der Waals surface area contributed by atoms with E-state index < -0.39 is 0 Å². The van der Waals surface area contributed by atoms with Gasteiger partial charge in [-0.15, -0.1) is 11.3 Å². The third-order valence-electron chi connectivity index (χ3n) is 3.12. The first-order valence-corrected chi connectivity index (χ1v) is 8.20. The van der Waals surface area contributed by atoms with Gasteiger partial charge in [-0.1, -0.05) is 0 Å². The van der Waals surface area contributed by atoms with Crippen LogP contribution < -0.4 is 11.3 Å². The summed E-state index contributed by atoms with van der Waals surface area (Å²) >= 11 is 3.53. The lowest BCUT2D eigenvalue weighted by Gasteiger charge is -2.21. The van der Waals surface area contributed by atoms with E-state index in [-0.39, 0.29) is 0 Å². The second kappa shape index (κ2) is 6.04. The number of hydrazine groups is 1. The Balaban J connectivity index is 1.73. The highest BCUT2D eigenvalue weighted by atomic mass is 32.2. The Bertz CT molecular complexity index is 554. The highest BCUT2D eigenvalue weighted by Gasteiger charge is 2.15. The Morgan fingerprint density at radius 2 is 2.26 bits per heavy atom. The summed E-state index contributed by atoms with van der Waals surface area (Å²) in [5.74, 6) is 7.91. The zero-order chi connectivity index (χ0) is 13.1. The van der Waals surface area contributed by atoms with Gasteiger partial charge >= 0.3 is 0 Å². The van der Waals surface area contributed by atoms with Crippen molar-refractivity contribution in [2.75, 3.05) is 18.6 Å². The van der Waals surface area contributed by atoms with Crippen molar-refractivity contribution < 1.29 is 4.74 Å². The van der Waals surface area contributed by atoms with Gasteiger partial charge in [-0.25, -0.2) is 15.8 Å². The molecule has 5 nitrogen and oxygen atoms in total. The van der Waals surface area contributed by atoms with Crippen LogP contribution in [0.25, 0.3) is 10.2 Å². The molecule has 0 aliphatic carbocycles. The van der Waals surface area contributed by atoms with Crippen LogP contribution in [-0.4, -0.2) is 28.4 Å². The Morgan fingerprint density at radius 1 is 1.42 bits per heavy atom. The van der Waals surface area contributed by atoms with E-state index in [1.807, 2.05) is 23.2 Å². The molecule has 1 aliphatic heterocycles. The number of nitrogens with two attached hydrogens (primary N) is 1. The number of thiophene rings is 1. The number of ether oxygens (including phenoxy) is 1. The van der Waals surface area contributed by atoms with Gasteiger partial charge < -0.3 is 10.2 Å². The van der Waals surface area contributed by atoms with Crippen LogP contribution >= 0.6 is 23.1 Å². The molecule has 7 heteroatoms. The average Bonchev–Trinajstić information content (AvgIpc) is 2.93. The average molecular weight is 296 g/mol. The zero-order valence-electron chi connectivity index (χ0n) is 10.5. The molecule has 0 atom stereocenters. The molecule has 3 N–H and O–H groups in total. The van der Waals surface area contributed by atoms with Crippen LogP contribution in [0.4, 0.5) is 5.82 Å². The molecule has 0 unspecified atom stereocenters. The lowest BCUT2D eigenvalue weighted by atomic mass is 10.2. The minimum Gasteiger partial charge on any atom is -0.381 e. The summed E-state index contributed by atoms with van der Waals surface area (Å²) in [6, 6.07) is 1.99. The third-order valence-corrected chi connectivity index (χ3v) is 5.30. The number of rotatable bonds is 4. The first kappa shape index (κ1) is 13.1. The Labute approximate surface area is 119 Å². The Hall–Kier alpha value is -0.890. The van der Waals surface area contributed by atoms with E-state index in [0.29, 0.717) is 11.1 Å². The van der Waals surface area contributed by atoms with E-state index >= 15 is 0 Å². The van der Waals surface area contributed by atoms with Crippen molar-refractivity contribution in [2.24, 2.45) is 5.84 Å². The van der Waals surface area contributed by atoms with Gasteiger partial charge in [0.1, 0.15) is 10.7 Å². The quantitative estimate of drug-likeness (QED) is 0.666. The smallest absolute Gasteiger partial charge is 0.152 e. The molecular weight excluding hydrogens is 280 g/mol. The fourth-order valence-electron chi connectivity index (χ4n) is 2.11. The number of hydrogen-bond donors (Lipinski definition) is 2. The Morgan fingerprint density at radius 3 is 3.05 bits per heavy atom. The van der Waals surface area contributed by atoms with Gasteiger partial charge in [0.05, 0.1) is 11.1 Å². The molecule has 0 aromatic carbocycles. The molecule has 1 aliphatic rings. The molecule has 2 aromatic rings. The molecule has 2 aromatic heterocycles. The summed E-state index contributed by atoms with van der Waals surface area (Å²) < 4.78 is 5.37. The summed E-state index contributed by atoms with van der Waals surface area (Å²) in [7, 11) is 0. The minimum atomic E-state index is 0.658. The number of anilines is 1. The second-order valence-corrected chi connectivity index (χ2v) is 6.58. The van der Waals surface area contributed by atoms with Gasteiger partial charge in [0.25, 0.3) is 0 Å². The number of hydrogen-bond acceptors (Lipinski definition) is 7. The maximum atomic E-state index is 5.52. The maximum Gasteiger partial charge on any atom is 0.152 e. The predicted molar refractivity (Wildman–Crippen MR) is 80.4 cm³/mol. The first-order valence-electron chi connectivity index (χ1n) is 6.27. The number of aromatic nitrogens is 2. The standard InChI is InChI=1S/C12H16N4OS2/c13-16-11-9-3-6-18-12(9)15-10(14-11)7-19-8-1-4-17-5-2-8/h3,6,8H,1-2,4-5,7,13H2,(H,14,15,16). The molecule has 3 heterocycles. The van der Waals surface area contributed by atoms with Gasteiger partial charge in [0.2, 0.25) is 0 Å². The van der Waals surface area contributed by atoms with E-state index in [1.165, 1.54) is 0 Å². The molecule has 1 fully saturated rings. The molecule has 0 amide bonds. The maximum absolute atomic E-state index is 5.52. The highest BCUT2D eigenvalue weighted by Crippen LogP contribution is 2.28. The lowest BCUT2D eigenvalue weighted by molar-refractivity contribution is 0.1000. The molecule has 0 spiro atoms. The van der Waals surface area contributed by atoms with Crippen LogP contribution in [0.1, 0.15) is 18.7 Å². The third kappa shape index (κ3) is 3.00. The van der Waals surface area contributed by atoms with Crippen LogP contribution in [-0.2, 0) is 10.5 Å². The van der Waals surface area contributed by atoms with Gasteiger partial charge in [0.15, 0.2) is 5.82 Å². The fourth-order valence-corrected chi connectivity index (χ4v) is 3.93. The molecule has 19 heavy (non-hydrogen) atoms. The molecule has 0 radical (unpaired) electrons. The molecule has 1 saturated heterocycles. The monoisotopic (exact) mass is 296 g/mol. The molecule has 0 saturated carbocycles. The molecule has 3 rings (SSSR count). The van der Waals surface area contributed by atoms with Crippen LogP contribution in [0.3, 0.4) is 0 Å². The number of fused-ring (bicyclic) bond motifs is 1. The van der Waals surface area contributed by atoms with Crippen LogP contribution in [0.15, 0.2) is 11.4 Å². The van der Waals surface area contributed by atoms with Gasteiger partial charge in [-0.2, -0.15) is 11.8 Å². The van der Waals surface area contributed by atoms with Crippen LogP contribution in [0, 0.1) is 0 Å². The van der Waals surface area contributed by atoms with E-state index in [0.717, 1.165) is 47.8 Å². The van der Waals surface area contributed by atoms with Crippen molar-refractivity contribution in [3.8, 4) is 0 Å². The van der Waals surface area contributed by atoms with E-state index in [4.69, 9.17) is 10.6 Å². The molecule has 0 bridgehead atoms. The summed E-state index contributed by atoms with van der Waals surface area (Å²) in [6.07, 6.45) is 2.24. The number of nitrogens with zero attached hydrogens (tertiary/aromatic N) is 2. The van der Waals surface area contributed by atoms with Crippen molar-refractivity contribution >= 4 is 39.1 Å². The topological polar surface area (TPSA) is 73.1 Å². The molecule has 102 valence electrons. The van der Waals surface area contributed by atoms with E-state index in [2.05, 4.69) is 15.4 Å². The SMILES string of the molecule is NNc1nc(CSC2CCOCC2)nc2sccc12. The number of nitrogen functional groups attached to an aromatic ring is 1. The van der Waals surface area contributed by atoms with Crippen molar-refractivity contribution in [1.29, 1.82) is 0 Å². The van der Waals surface area contributed by atoms with Crippen LogP contribution in [0.2, 0.25) is 0 Å². The zero-order valence-corrected chi connectivity index (χ0v) is 12.1. The first-order chi connectivity index (χ1) is 9.36. The summed E-state index contributed by atoms with van der Waals surface area (Å²) in [6.45, 7) is 1.75. The van der Waals surface area contributed by atoms with E-state index in [9.17, 15) is 0 Å². The van der Waals surface area contributed by atoms with Crippen molar-refractivity contribution in [3.63, 3.8) is 0 Å². The summed E-state index contributed by atoms with van der Waals surface area (Å²) in [4.78, 5) is 10.1. The largest absolute Gasteiger partial charge is 0.381 e. The van der Waals surface area contributed by atoms with E-state index in [1.54, 1.807) is 11.3 Å². The summed E-state index contributed by atoms with van der Waals surface area (Å²) in [5, 5.41) is 3.66. The summed E-state index contributed by atoms with van der Waals surface area (Å²) in [5.41, 5.74) is 2.66. The number of thioether (sulfide) groups is 1. The normalized spacial score (nSPS) is 16.9. The Kier molecular flexibility index (Phi) is 4.17. The van der Waals surface area contributed by atoms with Crippen molar-refractivity contribution in [2.45, 2.75) is 23.8 Å². The molecular formula is C12H16N4OS2.